The molecule has 0 saturated carbocycles. The van der Waals surface area contributed by atoms with Gasteiger partial charge >= 0.3 is 0 Å². The number of fused-ring (bicyclic) bond motifs is 1. The zero-order chi connectivity index (χ0) is 19.5. The summed E-state index contributed by atoms with van der Waals surface area (Å²) in [5, 5.41) is 6.18. The Morgan fingerprint density at radius 3 is 2.86 bits per heavy atom. The van der Waals surface area contributed by atoms with Gasteiger partial charge in [0.2, 0.25) is 5.91 Å². The number of amides is 1. The van der Waals surface area contributed by atoms with E-state index in [1.165, 1.54) is 11.3 Å². The van der Waals surface area contributed by atoms with Gasteiger partial charge in [0.25, 0.3) is 0 Å². The molecule has 1 saturated heterocycles. The van der Waals surface area contributed by atoms with Crippen LogP contribution in [-0.4, -0.2) is 42.1 Å². The smallest absolute Gasteiger partial charge is 0.229 e. The van der Waals surface area contributed by atoms with Gasteiger partial charge in [-0.05, 0) is 50.6 Å². The molecule has 1 aromatic carbocycles. The van der Waals surface area contributed by atoms with E-state index < -0.39 is 0 Å². The second-order valence-corrected chi connectivity index (χ2v) is 8.55. The summed E-state index contributed by atoms with van der Waals surface area (Å²) in [6, 6.07) is 3.98. The predicted molar refractivity (Wildman–Crippen MR) is 111 cm³/mol. The van der Waals surface area contributed by atoms with Crippen LogP contribution in [-0.2, 0) is 11.3 Å². The highest BCUT2D eigenvalue weighted by Crippen LogP contribution is 2.38. The van der Waals surface area contributed by atoms with Crippen molar-refractivity contribution in [1.29, 1.82) is 0 Å². The van der Waals surface area contributed by atoms with Gasteiger partial charge in [-0.15, -0.1) is 11.3 Å². The number of halogens is 1. The standard InChI is InChI=1S/C20H24ClN3O3S/c1-13-12-28-20(22-13)23-19(25)15-3-5-24(6-4-15)11-14-9-16(21)18-17(10-14)26-7-2-8-27-18/h9-10,12,15H,2-8,11H2,1H3,(H,22,23,25). The Bertz CT molecular complexity index is 849. The van der Waals surface area contributed by atoms with Gasteiger partial charge in [-0.3, -0.25) is 9.69 Å². The van der Waals surface area contributed by atoms with E-state index in [0.29, 0.717) is 29.1 Å². The molecular formula is C20H24ClN3O3S. The zero-order valence-electron chi connectivity index (χ0n) is 15.9. The second kappa shape index (κ2) is 8.68. The lowest BCUT2D eigenvalue weighted by Gasteiger charge is -2.31. The molecule has 1 fully saturated rings. The van der Waals surface area contributed by atoms with E-state index in [1.807, 2.05) is 24.4 Å². The van der Waals surface area contributed by atoms with E-state index in [4.69, 9.17) is 21.1 Å². The molecule has 150 valence electrons. The zero-order valence-corrected chi connectivity index (χ0v) is 17.4. The molecule has 1 aromatic heterocycles. The number of rotatable bonds is 4. The molecule has 1 N–H and O–H groups in total. The number of piperidine rings is 1. The van der Waals surface area contributed by atoms with Crippen LogP contribution in [0.2, 0.25) is 5.02 Å². The largest absolute Gasteiger partial charge is 0.489 e. The van der Waals surface area contributed by atoms with Crippen LogP contribution in [0.4, 0.5) is 5.13 Å². The van der Waals surface area contributed by atoms with E-state index in [-0.39, 0.29) is 11.8 Å². The highest BCUT2D eigenvalue weighted by molar-refractivity contribution is 7.13. The van der Waals surface area contributed by atoms with Crippen LogP contribution in [0.25, 0.3) is 0 Å². The number of benzene rings is 1. The fourth-order valence-corrected chi connectivity index (χ4v) is 4.58. The SMILES string of the molecule is Cc1csc(NC(=O)C2CCN(Cc3cc(Cl)c4c(c3)OCCCO4)CC2)n1. The monoisotopic (exact) mass is 421 g/mol. The molecule has 0 unspecified atom stereocenters. The maximum atomic E-state index is 12.5. The molecule has 2 aliphatic heterocycles. The third-order valence-corrected chi connectivity index (χ3v) is 6.23. The van der Waals surface area contributed by atoms with E-state index in [9.17, 15) is 4.79 Å². The fraction of sp³-hybridized carbons (Fsp3) is 0.500. The van der Waals surface area contributed by atoms with Gasteiger partial charge in [0.15, 0.2) is 16.6 Å². The first-order valence-corrected chi connectivity index (χ1v) is 10.9. The Morgan fingerprint density at radius 1 is 1.32 bits per heavy atom. The Kier molecular flexibility index (Phi) is 6.04. The number of aryl methyl sites for hydroxylation is 1. The number of nitrogens with zero attached hydrogens (tertiary/aromatic N) is 2. The summed E-state index contributed by atoms with van der Waals surface area (Å²) in [5.41, 5.74) is 2.04. The van der Waals surface area contributed by atoms with E-state index in [1.54, 1.807) is 0 Å². The number of carbonyl (C=O) groups excluding carboxylic acids is 1. The van der Waals surface area contributed by atoms with Crippen molar-refractivity contribution >= 4 is 34.0 Å². The minimum Gasteiger partial charge on any atom is -0.489 e. The summed E-state index contributed by atoms with van der Waals surface area (Å²) in [6.45, 7) is 5.74. The molecule has 1 amide bonds. The topological polar surface area (TPSA) is 63.7 Å². The Morgan fingerprint density at radius 2 is 2.11 bits per heavy atom. The molecule has 0 bridgehead atoms. The third kappa shape index (κ3) is 4.59. The molecular weight excluding hydrogens is 398 g/mol. The van der Waals surface area contributed by atoms with Gasteiger partial charge in [0, 0.05) is 24.3 Å². The fourth-order valence-electron chi connectivity index (χ4n) is 3.61. The van der Waals surface area contributed by atoms with Gasteiger partial charge in [-0.25, -0.2) is 4.98 Å². The molecule has 2 aromatic rings. The van der Waals surface area contributed by atoms with Crippen molar-refractivity contribution in [3.8, 4) is 11.5 Å². The van der Waals surface area contributed by atoms with Gasteiger partial charge in [-0.2, -0.15) is 0 Å². The molecule has 6 nitrogen and oxygen atoms in total. The summed E-state index contributed by atoms with van der Waals surface area (Å²) < 4.78 is 11.5. The van der Waals surface area contributed by atoms with Crippen molar-refractivity contribution in [2.45, 2.75) is 32.7 Å². The summed E-state index contributed by atoms with van der Waals surface area (Å²) in [4.78, 5) is 19.1. The number of aromatic nitrogens is 1. The lowest BCUT2D eigenvalue weighted by atomic mass is 9.95. The van der Waals surface area contributed by atoms with E-state index in [0.717, 1.165) is 55.9 Å². The molecule has 3 heterocycles. The van der Waals surface area contributed by atoms with Crippen LogP contribution in [0.1, 0.15) is 30.5 Å². The van der Waals surface area contributed by atoms with Gasteiger partial charge in [0.05, 0.1) is 23.9 Å². The molecule has 0 radical (unpaired) electrons. The summed E-state index contributed by atoms with van der Waals surface area (Å²) in [6.07, 6.45) is 2.54. The average Bonchev–Trinajstić information content (AvgIpc) is 2.93. The quantitative estimate of drug-likeness (QED) is 0.804. The van der Waals surface area contributed by atoms with Gasteiger partial charge < -0.3 is 14.8 Å². The minimum absolute atomic E-state index is 0.0350. The number of carbonyl (C=O) groups is 1. The van der Waals surface area contributed by atoms with Crippen molar-refractivity contribution in [3.63, 3.8) is 0 Å². The first-order valence-electron chi connectivity index (χ1n) is 9.62. The summed E-state index contributed by atoms with van der Waals surface area (Å²) in [5.74, 6) is 1.49. The van der Waals surface area contributed by atoms with Crippen LogP contribution in [0.3, 0.4) is 0 Å². The number of hydrogen-bond acceptors (Lipinski definition) is 6. The van der Waals surface area contributed by atoms with Crippen molar-refractivity contribution in [2.24, 2.45) is 5.92 Å². The van der Waals surface area contributed by atoms with Gasteiger partial charge in [0.1, 0.15) is 0 Å². The lowest BCUT2D eigenvalue weighted by molar-refractivity contribution is -0.121. The highest BCUT2D eigenvalue weighted by Gasteiger charge is 2.26. The number of nitrogens with one attached hydrogen (secondary N) is 1. The van der Waals surface area contributed by atoms with Crippen LogP contribution in [0.15, 0.2) is 17.5 Å². The highest BCUT2D eigenvalue weighted by atomic mass is 35.5. The summed E-state index contributed by atoms with van der Waals surface area (Å²) in [7, 11) is 0. The molecule has 0 atom stereocenters. The maximum Gasteiger partial charge on any atom is 0.229 e. The first kappa shape index (κ1) is 19.5. The van der Waals surface area contributed by atoms with Crippen LogP contribution < -0.4 is 14.8 Å². The normalized spacial score (nSPS) is 17.9. The lowest BCUT2D eigenvalue weighted by Crippen LogP contribution is -2.37. The average molecular weight is 422 g/mol. The molecule has 0 aliphatic carbocycles. The number of thiazole rings is 1. The Hall–Kier alpha value is -1.83. The molecule has 4 rings (SSSR count). The Balaban J connectivity index is 1.32. The Labute approximate surface area is 173 Å². The third-order valence-electron chi connectivity index (χ3n) is 5.08. The number of ether oxygens (including phenoxy) is 2. The van der Waals surface area contributed by atoms with E-state index >= 15 is 0 Å². The number of likely N-dealkylation sites (tertiary alicyclic amines) is 1. The minimum atomic E-state index is 0.0350. The van der Waals surface area contributed by atoms with Crippen molar-refractivity contribution in [1.82, 2.24) is 9.88 Å². The van der Waals surface area contributed by atoms with E-state index in [2.05, 4.69) is 15.2 Å². The number of hydrogen-bond donors (Lipinski definition) is 1. The van der Waals surface area contributed by atoms with Crippen molar-refractivity contribution in [2.75, 3.05) is 31.6 Å². The van der Waals surface area contributed by atoms with Gasteiger partial charge in [-0.1, -0.05) is 11.6 Å². The molecule has 28 heavy (non-hydrogen) atoms. The maximum absolute atomic E-state index is 12.5. The molecule has 2 aliphatic rings. The predicted octanol–water partition coefficient (Wildman–Crippen LogP) is 4.12. The van der Waals surface area contributed by atoms with Crippen molar-refractivity contribution < 1.29 is 14.3 Å². The molecule has 8 heteroatoms. The molecule has 0 spiro atoms. The van der Waals surface area contributed by atoms with Crippen molar-refractivity contribution in [3.05, 3.63) is 33.8 Å². The number of anilines is 1. The van der Waals surface area contributed by atoms with Crippen LogP contribution in [0.5, 0.6) is 11.5 Å². The van der Waals surface area contributed by atoms with Crippen LogP contribution in [0, 0.1) is 12.8 Å². The summed E-state index contributed by atoms with van der Waals surface area (Å²) >= 11 is 7.87. The van der Waals surface area contributed by atoms with Crippen LogP contribution >= 0.6 is 22.9 Å². The first-order chi connectivity index (χ1) is 13.6. The second-order valence-electron chi connectivity index (χ2n) is 7.29.